The van der Waals surface area contributed by atoms with Crippen molar-refractivity contribution in [3.63, 3.8) is 0 Å². The van der Waals surface area contributed by atoms with Crippen LogP contribution in [0.25, 0.3) is 0 Å². The third-order valence-corrected chi connectivity index (χ3v) is 2.93. The van der Waals surface area contributed by atoms with Gasteiger partial charge in [-0.05, 0) is 31.1 Å². The van der Waals surface area contributed by atoms with E-state index in [2.05, 4.69) is 33.0 Å². The standard InChI is InChI=1S/C12H25NO/c1-10(13-9-12(2,3)4)11-5-7-14-8-6-11/h10-11,13H,5-9H2,1-4H3. The minimum Gasteiger partial charge on any atom is -0.381 e. The molecule has 14 heavy (non-hydrogen) atoms. The van der Waals surface area contributed by atoms with Gasteiger partial charge in [0.25, 0.3) is 0 Å². The quantitative estimate of drug-likeness (QED) is 0.754. The average molecular weight is 199 g/mol. The van der Waals surface area contributed by atoms with Gasteiger partial charge < -0.3 is 10.1 Å². The lowest BCUT2D eigenvalue weighted by atomic mass is 9.91. The number of rotatable bonds is 3. The summed E-state index contributed by atoms with van der Waals surface area (Å²) in [6.07, 6.45) is 2.44. The van der Waals surface area contributed by atoms with E-state index in [1.54, 1.807) is 0 Å². The highest BCUT2D eigenvalue weighted by Gasteiger charge is 2.21. The van der Waals surface area contributed by atoms with Crippen molar-refractivity contribution in [3.05, 3.63) is 0 Å². The Morgan fingerprint density at radius 2 is 1.86 bits per heavy atom. The Morgan fingerprint density at radius 3 is 2.36 bits per heavy atom. The van der Waals surface area contributed by atoms with Gasteiger partial charge in [0.1, 0.15) is 0 Å². The Kier molecular flexibility index (Phi) is 4.39. The van der Waals surface area contributed by atoms with Crippen molar-refractivity contribution in [3.8, 4) is 0 Å². The number of ether oxygens (including phenoxy) is 1. The molecule has 2 heteroatoms. The highest BCUT2D eigenvalue weighted by molar-refractivity contribution is 4.77. The molecule has 0 spiro atoms. The molecule has 1 atom stereocenters. The van der Waals surface area contributed by atoms with E-state index in [-0.39, 0.29) is 0 Å². The van der Waals surface area contributed by atoms with Crippen molar-refractivity contribution in [2.75, 3.05) is 19.8 Å². The lowest BCUT2D eigenvalue weighted by Crippen LogP contribution is -2.40. The van der Waals surface area contributed by atoms with Crippen molar-refractivity contribution >= 4 is 0 Å². The second-order valence-corrected chi connectivity index (χ2v) is 5.68. The molecule has 84 valence electrons. The van der Waals surface area contributed by atoms with Gasteiger partial charge in [-0.1, -0.05) is 20.8 Å². The largest absolute Gasteiger partial charge is 0.381 e. The Morgan fingerprint density at radius 1 is 1.29 bits per heavy atom. The molecule has 1 N–H and O–H groups in total. The summed E-state index contributed by atoms with van der Waals surface area (Å²) in [5.74, 6) is 0.811. The van der Waals surface area contributed by atoms with Gasteiger partial charge >= 0.3 is 0 Å². The number of hydrogen-bond acceptors (Lipinski definition) is 2. The maximum Gasteiger partial charge on any atom is 0.0469 e. The van der Waals surface area contributed by atoms with E-state index in [4.69, 9.17) is 4.74 Å². The first kappa shape index (κ1) is 12.0. The molecule has 0 radical (unpaired) electrons. The van der Waals surface area contributed by atoms with Crippen LogP contribution in [0.2, 0.25) is 0 Å². The minimum absolute atomic E-state index is 0.388. The van der Waals surface area contributed by atoms with Gasteiger partial charge in [-0.3, -0.25) is 0 Å². The second kappa shape index (κ2) is 5.13. The monoisotopic (exact) mass is 199 g/mol. The van der Waals surface area contributed by atoms with Crippen molar-refractivity contribution in [2.24, 2.45) is 11.3 Å². The van der Waals surface area contributed by atoms with Crippen LogP contribution in [0.5, 0.6) is 0 Å². The summed E-state index contributed by atoms with van der Waals surface area (Å²) in [5.41, 5.74) is 0.388. The SMILES string of the molecule is CC(NCC(C)(C)C)C1CCOCC1. The second-order valence-electron chi connectivity index (χ2n) is 5.68. The van der Waals surface area contributed by atoms with Crippen molar-refractivity contribution in [1.29, 1.82) is 0 Å². The highest BCUT2D eigenvalue weighted by Crippen LogP contribution is 2.19. The van der Waals surface area contributed by atoms with E-state index in [0.29, 0.717) is 11.5 Å². The molecule has 1 rings (SSSR count). The summed E-state index contributed by atoms with van der Waals surface area (Å²) in [6.45, 7) is 12.1. The van der Waals surface area contributed by atoms with Crippen LogP contribution in [0.3, 0.4) is 0 Å². The van der Waals surface area contributed by atoms with E-state index < -0.39 is 0 Å². The van der Waals surface area contributed by atoms with Crippen LogP contribution in [0, 0.1) is 11.3 Å². The molecule has 0 aromatic carbocycles. The zero-order valence-corrected chi connectivity index (χ0v) is 10.1. The Balaban J connectivity index is 2.23. The third-order valence-electron chi connectivity index (χ3n) is 2.93. The lowest BCUT2D eigenvalue weighted by molar-refractivity contribution is 0.0549. The van der Waals surface area contributed by atoms with Crippen molar-refractivity contribution in [2.45, 2.75) is 46.6 Å². The molecule has 0 aromatic rings. The van der Waals surface area contributed by atoms with Gasteiger partial charge in [0, 0.05) is 25.8 Å². The van der Waals surface area contributed by atoms with E-state index in [1.165, 1.54) is 12.8 Å². The minimum atomic E-state index is 0.388. The molecule has 1 fully saturated rings. The molecule has 0 bridgehead atoms. The van der Waals surface area contributed by atoms with Gasteiger partial charge in [0.2, 0.25) is 0 Å². The molecule has 1 aliphatic heterocycles. The van der Waals surface area contributed by atoms with Crippen LogP contribution in [0.4, 0.5) is 0 Å². The molecule has 0 saturated carbocycles. The van der Waals surface area contributed by atoms with Crippen LogP contribution >= 0.6 is 0 Å². The first-order valence-corrected chi connectivity index (χ1v) is 5.80. The van der Waals surface area contributed by atoms with Gasteiger partial charge in [0.15, 0.2) is 0 Å². The van der Waals surface area contributed by atoms with E-state index in [1.807, 2.05) is 0 Å². The molecular formula is C12H25NO. The van der Waals surface area contributed by atoms with Crippen LogP contribution in [-0.4, -0.2) is 25.8 Å². The zero-order chi connectivity index (χ0) is 10.6. The summed E-state index contributed by atoms with van der Waals surface area (Å²) in [4.78, 5) is 0. The lowest BCUT2D eigenvalue weighted by Gasteiger charge is -2.31. The van der Waals surface area contributed by atoms with Crippen LogP contribution in [0.15, 0.2) is 0 Å². The first-order chi connectivity index (χ1) is 6.49. The predicted octanol–water partition coefficient (Wildman–Crippen LogP) is 2.44. The summed E-state index contributed by atoms with van der Waals surface area (Å²) < 4.78 is 5.37. The molecule has 0 aliphatic carbocycles. The highest BCUT2D eigenvalue weighted by atomic mass is 16.5. The number of nitrogens with one attached hydrogen (secondary N) is 1. The van der Waals surface area contributed by atoms with Gasteiger partial charge in [-0.25, -0.2) is 0 Å². The van der Waals surface area contributed by atoms with Gasteiger partial charge in [-0.15, -0.1) is 0 Å². The van der Waals surface area contributed by atoms with Crippen molar-refractivity contribution in [1.82, 2.24) is 5.32 Å². The van der Waals surface area contributed by atoms with Crippen LogP contribution in [0.1, 0.15) is 40.5 Å². The Bertz CT molecular complexity index is 156. The smallest absolute Gasteiger partial charge is 0.0469 e. The zero-order valence-electron chi connectivity index (χ0n) is 10.1. The summed E-state index contributed by atoms with van der Waals surface area (Å²) in [6, 6.07) is 0.637. The van der Waals surface area contributed by atoms with Gasteiger partial charge in [0.05, 0.1) is 0 Å². The first-order valence-electron chi connectivity index (χ1n) is 5.80. The average Bonchev–Trinajstić information content (AvgIpc) is 2.14. The van der Waals surface area contributed by atoms with Crippen molar-refractivity contribution < 1.29 is 4.74 Å². The summed E-state index contributed by atoms with van der Waals surface area (Å²) in [7, 11) is 0. The fourth-order valence-electron chi connectivity index (χ4n) is 1.85. The molecule has 0 amide bonds. The number of hydrogen-bond donors (Lipinski definition) is 1. The third kappa shape index (κ3) is 4.43. The Hall–Kier alpha value is -0.0800. The van der Waals surface area contributed by atoms with E-state index in [9.17, 15) is 0 Å². The molecule has 1 heterocycles. The predicted molar refractivity (Wildman–Crippen MR) is 60.5 cm³/mol. The van der Waals surface area contributed by atoms with E-state index >= 15 is 0 Å². The van der Waals surface area contributed by atoms with Crippen LogP contribution in [-0.2, 0) is 4.74 Å². The Labute approximate surface area is 88.4 Å². The molecule has 1 aliphatic rings. The fourth-order valence-corrected chi connectivity index (χ4v) is 1.85. The normalized spacial score (nSPS) is 22.3. The maximum atomic E-state index is 5.37. The molecule has 0 aromatic heterocycles. The van der Waals surface area contributed by atoms with Gasteiger partial charge in [-0.2, -0.15) is 0 Å². The molecule has 1 saturated heterocycles. The molecule has 2 nitrogen and oxygen atoms in total. The van der Waals surface area contributed by atoms with Crippen LogP contribution < -0.4 is 5.32 Å². The fraction of sp³-hybridized carbons (Fsp3) is 1.00. The topological polar surface area (TPSA) is 21.3 Å². The van der Waals surface area contributed by atoms with E-state index in [0.717, 1.165) is 25.7 Å². The maximum absolute atomic E-state index is 5.37. The molecule has 1 unspecified atom stereocenters. The summed E-state index contributed by atoms with van der Waals surface area (Å²) in [5, 5.41) is 3.64. The summed E-state index contributed by atoms with van der Waals surface area (Å²) >= 11 is 0. The molecular weight excluding hydrogens is 174 g/mol.